The van der Waals surface area contributed by atoms with Crippen LogP contribution >= 0.6 is 0 Å². The number of benzene rings is 1. The van der Waals surface area contributed by atoms with E-state index in [0.717, 1.165) is 38.3 Å². The number of nitro groups is 1. The van der Waals surface area contributed by atoms with E-state index in [2.05, 4.69) is 6.92 Å². The number of nitrogens with one attached hydrogen (secondary N) is 1. The Morgan fingerprint density at radius 3 is 2.48 bits per heavy atom. The highest BCUT2D eigenvalue weighted by molar-refractivity contribution is 5.91. The number of carbonyl (C=O) groups excluding carboxylic acids is 1. The van der Waals surface area contributed by atoms with Crippen LogP contribution in [0.2, 0.25) is 0 Å². The molecule has 6 heteroatoms. The molecule has 1 heterocycles. The second-order valence-corrected chi connectivity index (χ2v) is 5.11. The van der Waals surface area contributed by atoms with Gasteiger partial charge in [-0.25, -0.2) is 0 Å². The van der Waals surface area contributed by atoms with Gasteiger partial charge in [-0.15, -0.1) is 0 Å². The van der Waals surface area contributed by atoms with E-state index >= 15 is 0 Å². The highest BCUT2D eigenvalue weighted by atomic mass is 16.6. The number of nitro benzene ring substituents is 1. The molecule has 1 fully saturated rings. The Morgan fingerprint density at radius 2 is 1.95 bits per heavy atom. The average molecular weight is 290 g/mol. The van der Waals surface area contributed by atoms with Gasteiger partial charge in [0.2, 0.25) is 5.91 Å². The normalized spacial score (nSPS) is 16.3. The number of quaternary nitrogens is 1. The predicted octanol–water partition coefficient (Wildman–Crippen LogP) is 0.355. The maximum absolute atomic E-state index is 12.1. The number of rotatable bonds is 4. The highest BCUT2D eigenvalue weighted by Crippen LogP contribution is 2.12. The first kappa shape index (κ1) is 15.2. The fraction of sp³-hybridized carbons (Fsp3) is 0.400. The number of amides is 1. The van der Waals surface area contributed by atoms with Crippen molar-refractivity contribution in [3.63, 3.8) is 0 Å². The van der Waals surface area contributed by atoms with Crippen LogP contribution in [0.1, 0.15) is 12.5 Å². The lowest BCUT2D eigenvalue weighted by Gasteiger charge is -2.30. The summed E-state index contributed by atoms with van der Waals surface area (Å²) in [5, 5.41) is 10.6. The first-order chi connectivity index (χ1) is 10.1. The highest BCUT2D eigenvalue weighted by Gasteiger charge is 2.20. The van der Waals surface area contributed by atoms with E-state index in [1.165, 1.54) is 23.1 Å². The molecule has 1 aliphatic heterocycles. The summed E-state index contributed by atoms with van der Waals surface area (Å²) in [5.74, 6) is 0.00325. The van der Waals surface area contributed by atoms with Gasteiger partial charge in [0, 0.05) is 18.2 Å². The number of non-ortho nitro benzene ring substituents is 1. The van der Waals surface area contributed by atoms with Gasteiger partial charge in [0.05, 0.1) is 37.6 Å². The molecule has 1 aromatic rings. The molecule has 0 saturated carbocycles. The predicted molar refractivity (Wildman–Crippen MR) is 79.9 cm³/mol. The molecule has 0 atom stereocenters. The summed E-state index contributed by atoms with van der Waals surface area (Å²) in [6.45, 7) is 6.81. The van der Waals surface area contributed by atoms with Gasteiger partial charge in [0.1, 0.15) is 0 Å². The minimum absolute atomic E-state index is 0.00325. The second kappa shape index (κ2) is 6.99. The monoisotopic (exact) mass is 290 g/mol. The van der Waals surface area contributed by atoms with Crippen molar-refractivity contribution in [3.05, 3.63) is 46.0 Å². The molecular formula is C15H20N3O3+. The maximum atomic E-state index is 12.1. The average Bonchev–Trinajstić information content (AvgIpc) is 2.53. The second-order valence-electron chi connectivity index (χ2n) is 5.11. The standard InChI is InChI=1S/C15H19N3O3/c1-2-16-9-11-17(12-10-16)15(19)8-5-13-3-6-14(7-4-13)18(20)21/h3-8H,2,9-12H2,1H3/p+1/b8-5+. The summed E-state index contributed by atoms with van der Waals surface area (Å²) in [5.41, 5.74) is 0.837. The van der Waals surface area contributed by atoms with Crippen LogP contribution in [0.4, 0.5) is 5.69 Å². The number of hydrogen-bond acceptors (Lipinski definition) is 3. The van der Waals surface area contributed by atoms with Gasteiger partial charge in [0.25, 0.3) is 5.69 Å². The molecule has 0 aliphatic carbocycles. The Labute approximate surface area is 123 Å². The van der Waals surface area contributed by atoms with Crippen LogP contribution in [0.15, 0.2) is 30.3 Å². The minimum atomic E-state index is -0.436. The van der Waals surface area contributed by atoms with Crippen molar-refractivity contribution in [2.45, 2.75) is 6.92 Å². The van der Waals surface area contributed by atoms with Gasteiger partial charge >= 0.3 is 0 Å². The van der Waals surface area contributed by atoms with E-state index in [-0.39, 0.29) is 11.6 Å². The lowest BCUT2D eigenvalue weighted by Crippen LogP contribution is -3.14. The molecule has 0 unspecified atom stereocenters. The Balaban J connectivity index is 1.91. The summed E-state index contributed by atoms with van der Waals surface area (Å²) in [6, 6.07) is 6.16. The van der Waals surface area contributed by atoms with Crippen molar-refractivity contribution in [2.75, 3.05) is 32.7 Å². The van der Waals surface area contributed by atoms with E-state index in [1.807, 2.05) is 4.90 Å². The van der Waals surface area contributed by atoms with E-state index in [4.69, 9.17) is 0 Å². The number of hydrogen-bond donors (Lipinski definition) is 1. The molecule has 0 bridgehead atoms. The van der Waals surface area contributed by atoms with Crippen molar-refractivity contribution in [2.24, 2.45) is 0 Å². The van der Waals surface area contributed by atoms with Crippen LogP contribution in [-0.2, 0) is 4.79 Å². The molecule has 1 aromatic carbocycles. The van der Waals surface area contributed by atoms with E-state index in [0.29, 0.717) is 0 Å². The molecule has 1 saturated heterocycles. The van der Waals surface area contributed by atoms with Crippen LogP contribution in [0, 0.1) is 10.1 Å². The molecule has 0 aromatic heterocycles. The molecule has 1 N–H and O–H groups in total. The van der Waals surface area contributed by atoms with Gasteiger partial charge in [0.15, 0.2) is 0 Å². The molecule has 112 valence electrons. The van der Waals surface area contributed by atoms with Crippen molar-refractivity contribution in [1.29, 1.82) is 0 Å². The third-order valence-corrected chi connectivity index (χ3v) is 3.80. The lowest BCUT2D eigenvalue weighted by atomic mass is 10.2. The third-order valence-electron chi connectivity index (χ3n) is 3.80. The molecule has 1 amide bonds. The number of piperazine rings is 1. The molecule has 2 rings (SSSR count). The van der Waals surface area contributed by atoms with Crippen molar-refractivity contribution >= 4 is 17.7 Å². The van der Waals surface area contributed by atoms with Gasteiger partial charge < -0.3 is 9.80 Å². The Kier molecular flexibility index (Phi) is 5.05. The molecule has 1 aliphatic rings. The first-order valence-corrected chi connectivity index (χ1v) is 7.15. The van der Waals surface area contributed by atoms with Crippen molar-refractivity contribution in [3.8, 4) is 0 Å². The van der Waals surface area contributed by atoms with Gasteiger partial charge in [-0.05, 0) is 30.7 Å². The minimum Gasteiger partial charge on any atom is -0.332 e. The summed E-state index contributed by atoms with van der Waals surface area (Å²) < 4.78 is 0. The third kappa shape index (κ3) is 4.13. The van der Waals surface area contributed by atoms with E-state index < -0.39 is 4.92 Å². The zero-order chi connectivity index (χ0) is 15.2. The zero-order valence-electron chi connectivity index (χ0n) is 12.1. The number of carbonyl (C=O) groups is 1. The summed E-state index contributed by atoms with van der Waals surface area (Å²) in [4.78, 5) is 25.6. The SMILES string of the molecule is CC[NH+]1CCN(C(=O)/C=C/c2ccc([N+](=O)[O-])cc2)CC1. The van der Waals surface area contributed by atoms with Crippen LogP contribution in [0.3, 0.4) is 0 Å². The zero-order valence-corrected chi connectivity index (χ0v) is 12.1. The quantitative estimate of drug-likeness (QED) is 0.494. The Bertz CT molecular complexity index is 532. The smallest absolute Gasteiger partial charge is 0.269 e. The largest absolute Gasteiger partial charge is 0.332 e. The van der Waals surface area contributed by atoms with E-state index in [9.17, 15) is 14.9 Å². The molecular weight excluding hydrogens is 270 g/mol. The van der Waals surface area contributed by atoms with Gasteiger partial charge in [-0.1, -0.05) is 0 Å². The fourth-order valence-corrected chi connectivity index (χ4v) is 2.38. The lowest BCUT2D eigenvalue weighted by molar-refractivity contribution is -0.902. The topological polar surface area (TPSA) is 67.9 Å². The number of nitrogens with zero attached hydrogens (tertiary/aromatic N) is 2. The van der Waals surface area contributed by atoms with E-state index in [1.54, 1.807) is 18.2 Å². The van der Waals surface area contributed by atoms with Gasteiger partial charge in [-0.3, -0.25) is 14.9 Å². The summed E-state index contributed by atoms with van der Waals surface area (Å²) >= 11 is 0. The number of likely N-dealkylation sites (N-methyl/N-ethyl adjacent to an activating group) is 1. The first-order valence-electron chi connectivity index (χ1n) is 7.15. The molecule has 0 radical (unpaired) electrons. The van der Waals surface area contributed by atoms with Crippen LogP contribution in [0.25, 0.3) is 6.08 Å². The molecule has 0 spiro atoms. The molecule has 6 nitrogen and oxygen atoms in total. The summed E-state index contributed by atoms with van der Waals surface area (Å²) in [7, 11) is 0. The van der Waals surface area contributed by atoms with Gasteiger partial charge in [-0.2, -0.15) is 0 Å². The summed E-state index contributed by atoms with van der Waals surface area (Å²) in [6.07, 6.45) is 3.24. The van der Waals surface area contributed by atoms with Crippen molar-refractivity contribution in [1.82, 2.24) is 4.90 Å². The van der Waals surface area contributed by atoms with Crippen LogP contribution < -0.4 is 4.90 Å². The molecule has 21 heavy (non-hydrogen) atoms. The Morgan fingerprint density at radius 1 is 1.33 bits per heavy atom. The fourth-order valence-electron chi connectivity index (χ4n) is 2.38. The van der Waals surface area contributed by atoms with Crippen LogP contribution in [0.5, 0.6) is 0 Å². The van der Waals surface area contributed by atoms with Crippen molar-refractivity contribution < 1.29 is 14.6 Å². The Hall–Kier alpha value is -2.21. The maximum Gasteiger partial charge on any atom is 0.269 e. The van der Waals surface area contributed by atoms with Crippen LogP contribution in [-0.4, -0.2) is 48.5 Å².